The Balaban J connectivity index is 1.41. The number of rotatable bonds is 2. The van der Waals surface area contributed by atoms with Gasteiger partial charge < -0.3 is 4.57 Å². The van der Waals surface area contributed by atoms with E-state index in [1.165, 1.54) is 36.9 Å². The quantitative estimate of drug-likeness (QED) is 0.209. The summed E-state index contributed by atoms with van der Waals surface area (Å²) in [7, 11) is 0. The van der Waals surface area contributed by atoms with Crippen LogP contribution in [0, 0.1) is 0 Å². The molecule has 0 unspecified atom stereocenters. The van der Waals surface area contributed by atoms with Crippen molar-refractivity contribution in [3.8, 4) is 22.9 Å². The van der Waals surface area contributed by atoms with E-state index in [1.54, 1.807) is 11.8 Å². The second-order valence-corrected chi connectivity index (χ2v) is 12.1. The van der Waals surface area contributed by atoms with Gasteiger partial charge in [-0.1, -0.05) is 96.7 Å². The molecule has 0 aliphatic carbocycles. The predicted octanol–water partition coefficient (Wildman–Crippen LogP) is 9.96. The van der Waals surface area contributed by atoms with Gasteiger partial charge in [0.1, 0.15) is 0 Å². The standard InChI is InChI=1S/C38H22N4S/c1-2-11-23(12-3-1)41-30-18-8-5-14-26(30)34-31(41)22-21-25-24-13-4-7-17-29(24)42(37(25)34)38-39-28-16-10-20-33-35(28)36(40-38)27-15-6-9-19-32(27)43-33/h1-22H. The summed E-state index contributed by atoms with van der Waals surface area (Å²) in [6, 6.07) is 47.5. The van der Waals surface area contributed by atoms with Crippen LogP contribution in [-0.2, 0) is 0 Å². The fourth-order valence-electron chi connectivity index (χ4n) is 6.96. The van der Waals surface area contributed by atoms with Crippen LogP contribution in [0.5, 0.6) is 0 Å². The fraction of sp³-hybridized carbons (Fsp3) is 0. The minimum absolute atomic E-state index is 0.691. The van der Waals surface area contributed by atoms with Gasteiger partial charge in [-0.2, -0.15) is 0 Å². The first-order valence-electron chi connectivity index (χ1n) is 14.4. The van der Waals surface area contributed by atoms with E-state index in [0.717, 1.165) is 44.4 Å². The Morgan fingerprint density at radius 2 is 1.19 bits per heavy atom. The van der Waals surface area contributed by atoms with Crippen LogP contribution in [0.2, 0.25) is 0 Å². The molecule has 43 heavy (non-hydrogen) atoms. The van der Waals surface area contributed by atoms with Crippen molar-refractivity contribution >= 4 is 66.3 Å². The number of para-hydroxylation sites is 3. The van der Waals surface area contributed by atoms with Crippen molar-refractivity contribution < 1.29 is 0 Å². The number of hydrogen-bond donors (Lipinski definition) is 0. The maximum atomic E-state index is 5.40. The van der Waals surface area contributed by atoms with Crippen LogP contribution < -0.4 is 0 Å². The molecule has 1 aliphatic heterocycles. The van der Waals surface area contributed by atoms with Crippen molar-refractivity contribution in [3.63, 3.8) is 0 Å². The van der Waals surface area contributed by atoms with Crippen LogP contribution in [0.25, 0.3) is 77.4 Å². The lowest BCUT2D eigenvalue weighted by Crippen LogP contribution is -2.05. The Morgan fingerprint density at radius 3 is 2.07 bits per heavy atom. The Morgan fingerprint density at radius 1 is 0.465 bits per heavy atom. The Hall–Kier alpha value is -5.39. The highest BCUT2D eigenvalue weighted by Crippen LogP contribution is 2.47. The third-order valence-electron chi connectivity index (χ3n) is 8.72. The van der Waals surface area contributed by atoms with Gasteiger partial charge in [-0.15, -0.1) is 0 Å². The van der Waals surface area contributed by atoms with E-state index in [4.69, 9.17) is 9.97 Å². The first kappa shape index (κ1) is 23.2. The van der Waals surface area contributed by atoms with Gasteiger partial charge in [0.25, 0.3) is 0 Å². The minimum atomic E-state index is 0.691. The average molecular weight is 567 g/mol. The lowest BCUT2D eigenvalue weighted by molar-refractivity contribution is 1.01. The third-order valence-corrected chi connectivity index (χ3v) is 9.86. The first-order valence-corrected chi connectivity index (χ1v) is 15.3. The van der Waals surface area contributed by atoms with Crippen molar-refractivity contribution in [1.82, 2.24) is 19.1 Å². The summed E-state index contributed by atoms with van der Waals surface area (Å²) in [5.74, 6) is 0.691. The lowest BCUT2D eigenvalue weighted by atomic mass is 10.1. The van der Waals surface area contributed by atoms with Gasteiger partial charge in [-0.3, -0.25) is 4.57 Å². The van der Waals surface area contributed by atoms with Crippen LogP contribution in [0.4, 0.5) is 0 Å². The molecule has 0 atom stereocenters. The van der Waals surface area contributed by atoms with Gasteiger partial charge in [-0.25, -0.2) is 9.97 Å². The zero-order chi connectivity index (χ0) is 28.1. The second kappa shape index (κ2) is 8.57. The van der Waals surface area contributed by atoms with E-state index in [1.807, 2.05) is 0 Å². The topological polar surface area (TPSA) is 35.6 Å². The van der Waals surface area contributed by atoms with Crippen LogP contribution in [0.15, 0.2) is 143 Å². The number of fused-ring (bicyclic) bond motifs is 9. The van der Waals surface area contributed by atoms with E-state index in [2.05, 4.69) is 143 Å². The summed E-state index contributed by atoms with van der Waals surface area (Å²) in [6.07, 6.45) is 0. The Bertz CT molecular complexity index is 2590. The van der Waals surface area contributed by atoms with Crippen LogP contribution in [0.3, 0.4) is 0 Å². The SMILES string of the molecule is c1ccc(-n2c3ccccc3c3c2ccc2c4ccccc4n(-c4nc5c6c(cccc6n4)Sc4ccccc4-5)c23)cc1. The molecule has 0 fully saturated rings. The van der Waals surface area contributed by atoms with Gasteiger partial charge in [0, 0.05) is 48.0 Å². The Kier molecular flexibility index (Phi) is 4.62. The van der Waals surface area contributed by atoms with Gasteiger partial charge in [0.05, 0.1) is 33.3 Å². The number of nitrogens with zero attached hydrogens (tertiary/aromatic N) is 4. The zero-order valence-electron chi connectivity index (χ0n) is 22.9. The Labute approximate surface area is 250 Å². The van der Waals surface area contributed by atoms with Gasteiger partial charge in [-0.05, 0) is 48.5 Å². The smallest absolute Gasteiger partial charge is 0.235 e. The highest BCUT2D eigenvalue weighted by molar-refractivity contribution is 7.99. The normalized spacial score (nSPS) is 12.6. The molecule has 4 nitrogen and oxygen atoms in total. The molecule has 6 aromatic carbocycles. The van der Waals surface area contributed by atoms with E-state index < -0.39 is 0 Å². The number of hydrogen-bond acceptors (Lipinski definition) is 3. The third kappa shape index (κ3) is 3.12. The summed E-state index contributed by atoms with van der Waals surface area (Å²) in [4.78, 5) is 13.1. The molecule has 1 aliphatic rings. The summed E-state index contributed by atoms with van der Waals surface area (Å²) >= 11 is 1.80. The van der Waals surface area contributed by atoms with Crippen molar-refractivity contribution in [1.29, 1.82) is 0 Å². The molecule has 4 heterocycles. The van der Waals surface area contributed by atoms with Crippen LogP contribution in [0.1, 0.15) is 0 Å². The summed E-state index contributed by atoms with van der Waals surface area (Å²) < 4.78 is 4.67. The summed E-state index contributed by atoms with van der Waals surface area (Å²) in [5, 5.41) is 5.93. The minimum Gasteiger partial charge on any atom is -0.309 e. The molecule has 0 amide bonds. The molecule has 0 radical (unpaired) electrons. The molecule has 0 spiro atoms. The summed E-state index contributed by atoms with van der Waals surface area (Å²) in [5.41, 5.74) is 8.83. The van der Waals surface area contributed by atoms with E-state index in [0.29, 0.717) is 5.95 Å². The molecule has 10 rings (SSSR count). The van der Waals surface area contributed by atoms with E-state index in [-0.39, 0.29) is 0 Å². The van der Waals surface area contributed by atoms with Crippen molar-refractivity contribution in [2.75, 3.05) is 0 Å². The van der Waals surface area contributed by atoms with Gasteiger partial charge in [0.15, 0.2) is 0 Å². The molecule has 5 heteroatoms. The summed E-state index contributed by atoms with van der Waals surface area (Å²) in [6.45, 7) is 0. The molecule has 9 aromatic rings. The molecule has 3 aromatic heterocycles. The molecule has 0 bridgehead atoms. The monoisotopic (exact) mass is 566 g/mol. The molecule has 200 valence electrons. The highest BCUT2D eigenvalue weighted by atomic mass is 32.2. The van der Waals surface area contributed by atoms with Crippen LogP contribution in [-0.4, -0.2) is 19.1 Å². The van der Waals surface area contributed by atoms with Gasteiger partial charge in [0.2, 0.25) is 5.95 Å². The van der Waals surface area contributed by atoms with E-state index >= 15 is 0 Å². The highest BCUT2D eigenvalue weighted by Gasteiger charge is 2.25. The lowest BCUT2D eigenvalue weighted by Gasteiger charge is -2.20. The molecular formula is C38H22N4S. The number of aromatic nitrogens is 4. The molecule has 0 saturated heterocycles. The number of benzene rings is 6. The van der Waals surface area contributed by atoms with Crippen LogP contribution >= 0.6 is 11.8 Å². The fourth-order valence-corrected chi connectivity index (χ4v) is 8.07. The second-order valence-electron chi connectivity index (χ2n) is 11.0. The maximum Gasteiger partial charge on any atom is 0.235 e. The van der Waals surface area contributed by atoms with Crippen molar-refractivity contribution in [2.45, 2.75) is 9.79 Å². The molecular weight excluding hydrogens is 545 g/mol. The largest absolute Gasteiger partial charge is 0.309 e. The van der Waals surface area contributed by atoms with Gasteiger partial charge >= 0.3 is 0 Å². The van der Waals surface area contributed by atoms with Crippen molar-refractivity contribution in [2.24, 2.45) is 0 Å². The molecule has 0 N–H and O–H groups in total. The first-order chi connectivity index (χ1) is 21.3. The predicted molar refractivity (Wildman–Crippen MR) is 178 cm³/mol. The maximum absolute atomic E-state index is 5.40. The molecule has 0 saturated carbocycles. The zero-order valence-corrected chi connectivity index (χ0v) is 23.7. The van der Waals surface area contributed by atoms with E-state index in [9.17, 15) is 0 Å². The average Bonchev–Trinajstić information content (AvgIpc) is 3.58. The van der Waals surface area contributed by atoms with Crippen molar-refractivity contribution in [3.05, 3.63) is 133 Å².